The molecule has 2 atom stereocenters. The van der Waals surface area contributed by atoms with E-state index in [1.165, 1.54) is 24.7 Å². The van der Waals surface area contributed by atoms with E-state index in [0.29, 0.717) is 29.8 Å². The molecule has 0 unspecified atom stereocenters. The molecule has 0 spiro atoms. The highest BCUT2D eigenvalue weighted by molar-refractivity contribution is 7.98. The van der Waals surface area contributed by atoms with Crippen molar-refractivity contribution in [3.05, 3.63) is 60.2 Å². The van der Waals surface area contributed by atoms with Gasteiger partial charge in [0.15, 0.2) is 11.5 Å². The molecule has 0 fully saturated rings. The Bertz CT molecular complexity index is 933. The second-order valence-corrected chi connectivity index (χ2v) is 7.92. The first-order valence-electron chi connectivity index (χ1n) is 9.97. The lowest BCUT2D eigenvalue weighted by atomic mass is 9.92. The van der Waals surface area contributed by atoms with Crippen LogP contribution in [0.15, 0.2) is 59.5 Å². The molecule has 9 heteroatoms. The van der Waals surface area contributed by atoms with Crippen molar-refractivity contribution in [2.75, 3.05) is 18.7 Å². The number of hydroxylamine groups is 1. The van der Waals surface area contributed by atoms with Gasteiger partial charge >= 0.3 is 6.09 Å². The smallest absolute Gasteiger partial charge is 0.412 e. The van der Waals surface area contributed by atoms with Crippen LogP contribution in [0.1, 0.15) is 31.4 Å². The summed E-state index contributed by atoms with van der Waals surface area (Å²) in [6, 6.07) is 12.2. The largest absolute Gasteiger partial charge is 0.504 e. The Morgan fingerprint density at radius 3 is 2.50 bits per heavy atom. The molecular weight excluding hydrogens is 432 g/mol. The zero-order valence-electron chi connectivity index (χ0n) is 18.2. The molecule has 0 aliphatic rings. The van der Waals surface area contributed by atoms with Crippen molar-refractivity contribution in [1.29, 1.82) is 0 Å². The van der Waals surface area contributed by atoms with Crippen molar-refractivity contribution < 1.29 is 29.4 Å². The van der Waals surface area contributed by atoms with Crippen LogP contribution in [0.2, 0.25) is 0 Å². The van der Waals surface area contributed by atoms with Gasteiger partial charge in [-0.3, -0.25) is 15.3 Å². The zero-order chi connectivity index (χ0) is 23.5. The Morgan fingerprint density at radius 1 is 1.19 bits per heavy atom. The van der Waals surface area contributed by atoms with Crippen molar-refractivity contribution >= 4 is 29.4 Å². The van der Waals surface area contributed by atoms with Crippen LogP contribution in [0, 0.1) is 5.92 Å². The number of rotatable bonds is 10. The number of allylic oxidation sites excluding steroid dienone is 1. The second-order valence-electron chi connectivity index (χ2n) is 7.04. The van der Waals surface area contributed by atoms with Crippen LogP contribution in [-0.2, 0) is 9.53 Å². The maximum absolute atomic E-state index is 12.6. The third kappa shape index (κ3) is 7.51. The van der Waals surface area contributed by atoms with E-state index < -0.39 is 18.1 Å². The molecule has 0 saturated heterocycles. The molecule has 2 amide bonds. The fourth-order valence-corrected chi connectivity index (χ4v) is 3.48. The van der Waals surface area contributed by atoms with Gasteiger partial charge in [-0.15, -0.1) is 11.8 Å². The minimum atomic E-state index is -0.655. The first-order valence-corrected chi connectivity index (χ1v) is 11.2. The predicted molar refractivity (Wildman–Crippen MR) is 123 cm³/mol. The van der Waals surface area contributed by atoms with Gasteiger partial charge < -0.3 is 14.6 Å². The van der Waals surface area contributed by atoms with Gasteiger partial charge in [0.2, 0.25) is 0 Å². The SMILES string of the molecule is COc1ccc([C@@H](OC(=O)Nc2ccc(SC)cc2)[C@@H](C)CC/C=C/C(=O)NO)cc1O. The monoisotopic (exact) mass is 460 g/mol. The van der Waals surface area contributed by atoms with Crippen molar-refractivity contribution in [3.63, 3.8) is 0 Å². The van der Waals surface area contributed by atoms with E-state index >= 15 is 0 Å². The van der Waals surface area contributed by atoms with Crippen LogP contribution in [-0.4, -0.2) is 35.7 Å². The van der Waals surface area contributed by atoms with E-state index in [2.05, 4.69) is 5.32 Å². The summed E-state index contributed by atoms with van der Waals surface area (Å²) in [5.74, 6) is -0.499. The van der Waals surface area contributed by atoms with Gasteiger partial charge in [0, 0.05) is 16.7 Å². The number of anilines is 1. The highest BCUT2D eigenvalue weighted by Crippen LogP contribution is 2.35. The quantitative estimate of drug-likeness (QED) is 0.173. The first-order chi connectivity index (χ1) is 15.4. The Morgan fingerprint density at radius 2 is 1.91 bits per heavy atom. The summed E-state index contributed by atoms with van der Waals surface area (Å²) in [6.45, 7) is 1.91. The molecular formula is C23H28N2O6S. The number of nitrogens with one attached hydrogen (secondary N) is 2. The van der Waals surface area contributed by atoms with Crippen LogP contribution >= 0.6 is 11.8 Å². The average molecular weight is 461 g/mol. The van der Waals surface area contributed by atoms with Gasteiger partial charge in [0.05, 0.1) is 7.11 Å². The number of carbonyl (C=O) groups excluding carboxylic acids is 2. The average Bonchev–Trinajstić information content (AvgIpc) is 2.80. The number of hydrogen-bond donors (Lipinski definition) is 4. The molecule has 0 radical (unpaired) electrons. The van der Waals surface area contributed by atoms with E-state index in [-0.39, 0.29) is 11.7 Å². The van der Waals surface area contributed by atoms with Gasteiger partial charge in [-0.25, -0.2) is 10.3 Å². The molecule has 0 aromatic heterocycles. The molecule has 0 aliphatic heterocycles. The molecule has 8 nitrogen and oxygen atoms in total. The van der Waals surface area contributed by atoms with Crippen molar-refractivity contribution in [2.45, 2.75) is 30.8 Å². The topological polar surface area (TPSA) is 117 Å². The highest BCUT2D eigenvalue weighted by atomic mass is 32.2. The summed E-state index contributed by atoms with van der Waals surface area (Å²) in [5, 5.41) is 21.5. The van der Waals surface area contributed by atoms with Crippen LogP contribution in [0.4, 0.5) is 10.5 Å². The molecule has 0 bridgehead atoms. The maximum atomic E-state index is 12.6. The number of amides is 2. The molecule has 0 aliphatic carbocycles. The van der Waals surface area contributed by atoms with Crippen molar-refractivity contribution in [3.8, 4) is 11.5 Å². The Kier molecular flexibility index (Phi) is 9.90. The molecule has 172 valence electrons. The number of benzene rings is 2. The number of phenolic OH excluding ortho intramolecular Hbond substituents is 1. The molecule has 0 saturated carbocycles. The Balaban J connectivity index is 2.14. The summed E-state index contributed by atoms with van der Waals surface area (Å²) in [6.07, 6.45) is 4.65. The van der Waals surface area contributed by atoms with Gasteiger partial charge in [-0.1, -0.05) is 19.1 Å². The van der Waals surface area contributed by atoms with Crippen LogP contribution in [0.3, 0.4) is 0 Å². The molecule has 32 heavy (non-hydrogen) atoms. The number of hydrogen-bond acceptors (Lipinski definition) is 7. The van der Waals surface area contributed by atoms with Gasteiger partial charge in [-0.2, -0.15) is 0 Å². The van der Waals surface area contributed by atoms with E-state index in [0.717, 1.165) is 4.90 Å². The minimum absolute atomic E-state index is 0.0571. The Hall–Kier alpha value is -3.17. The standard InChI is InChI=1S/C23H28N2O6S/c1-15(6-4-5-7-21(27)25-29)22(16-8-13-20(30-2)19(26)14-16)31-23(28)24-17-9-11-18(32-3)12-10-17/h5,7-15,22,26,29H,4,6H2,1-3H3,(H,24,28)(H,25,27)/b7-5+/t15-,22-/m0/s1. The van der Waals surface area contributed by atoms with Crippen molar-refractivity contribution in [1.82, 2.24) is 5.48 Å². The van der Waals surface area contributed by atoms with E-state index in [4.69, 9.17) is 14.7 Å². The summed E-state index contributed by atoms with van der Waals surface area (Å²) < 4.78 is 10.8. The van der Waals surface area contributed by atoms with E-state index in [1.54, 1.807) is 42.1 Å². The normalized spacial score (nSPS) is 12.8. The number of carbonyl (C=O) groups is 2. The first kappa shape index (κ1) is 25.1. The number of phenols is 1. The number of aromatic hydroxyl groups is 1. The second kappa shape index (κ2) is 12.6. The fourth-order valence-electron chi connectivity index (χ4n) is 3.07. The summed E-state index contributed by atoms with van der Waals surface area (Å²) >= 11 is 1.60. The number of thioether (sulfide) groups is 1. The van der Waals surface area contributed by atoms with Crippen LogP contribution in [0.25, 0.3) is 0 Å². The molecule has 2 aromatic carbocycles. The lowest BCUT2D eigenvalue weighted by molar-refractivity contribution is -0.124. The highest BCUT2D eigenvalue weighted by Gasteiger charge is 2.24. The Labute approximate surface area is 191 Å². The predicted octanol–water partition coefficient (Wildman–Crippen LogP) is 4.89. The third-order valence-electron chi connectivity index (χ3n) is 4.79. The molecule has 0 heterocycles. The zero-order valence-corrected chi connectivity index (χ0v) is 19.0. The lowest BCUT2D eigenvalue weighted by Crippen LogP contribution is -2.22. The van der Waals surface area contributed by atoms with Gasteiger partial charge in [0.25, 0.3) is 5.91 Å². The van der Waals surface area contributed by atoms with Gasteiger partial charge in [-0.05, 0) is 67.0 Å². The summed E-state index contributed by atoms with van der Waals surface area (Å²) in [5.41, 5.74) is 2.75. The van der Waals surface area contributed by atoms with Gasteiger partial charge in [0.1, 0.15) is 6.10 Å². The molecule has 2 rings (SSSR count). The number of ether oxygens (including phenoxy) is 2. The van der Waals surface area contributed by atoms with Crippen LogP contribution in [0.5, 0.6) is 11.5 Å². The summed E-state index contributed by atoms with van der Waals surface area (Å²) in [7, 11) is 1.45. The molecule has 4 N–H and O–H groups in total. The molecule has 2 aromatic rings. The lowest BCUT2D eigenvalue weighted by Gasteiger charge is -2.25. The number of methoxy groups -OCH3 is 1. The van der Waals surface area contributed by atoms with Crippen molar-refractivity contribution in [2.24, 2.45) is 5.92 Å². The van der Waals surface area contributed by atoms with Crippen LogP contribution < -0.4 is 15.5 Å². The summed E-state index contributed by atoms with van der Waals surface area (Å²) in [4.78, 5) is 24.8. The minimum Gasteiger partial charge on any atom is -0.504 e. The maximum Gasteiger partial charge on any atom is 0.412 e. The van der Waals surface area contributed by atoms with E-state index in [9.17, 15) is 14.7 Å². The van der Waals surface area contributed by atoms with E-state index in [1.807, 2.05) is 25.3 Å². The fraction of sp³-hybridized carbons (Fsp3) is 0.304. The third-order valence-corrected chi connectivity index (χ3v) is 5.53.